The number of fused-ring (bicyclic) bond motifs is 1. The Labute approximate surface area is 124 Å². The lowest BCUT2D eigenvalue weighted by molar-refractivity contribution is 0.480. The number of nitrogens with zero attached hydrogens (tertiary/aromatic N) is 1. The van der Waals surface area contributed by atoms with Crippen LogP contribution in [0.5, 0.6) is 11.5 Å². The first-order valence-corrected chi connectivity index (χ1v) is 6.85. The molecule has 3 N–H and O–H groups in total. The van der Waals surface area contributed by atoms with Crippen LogP contribution in [0.25, 0.3) is 10.8 Å². The van der Waals surface area contributed by atoms with Crippen molar-refractivity contribution < 1.29 is 4.74 Å². The number of hydrogen-bond acceptors (Lipinski definition) is 4. The Morgan fingerprint density at radius 2 is 1.95 bits per heavy atom. The lowest BCUT2D eigenvalue weighted by Gasteiger charge is -2.10. The fourth-order valence-electron chi connectivity index (χ4n) is 1.97. The molecule has 0 fully saturated rings. The highest BCUT2D eigenvalue weighted by Gasteiger charge is 2.07. The molecule has 3 aromatic rings. The summed E-state index contributed by atoms with van der Waals surface area (Å²) < 4.78 is 6.80. The van der Waals surface area contributed by atoms with Gasteiger partial charge in [-0.05, 0) is 38.8 Å². The van der Waals surface area contributed by atoms with Crippen molar-refractivity contribution in [2.45, 2.75) is 0 Å². The molecule has 0 aliphatic heterocycles. The van der Waals surface area contributed by atoms with E-state index in [1.54, 1.807) is 18.3 Å². The Bertz CT molecular complexity index is 761. The van der Waals surface area contributed by atoms with E-state index in [2.05, 4.69) is 32.4 Å². The Balaban J connectivity index is 2.00. The molecular formula is C15H12BrN3O. The highest BCUT2D eigenvalue weighted by Crippen LogP contribution is 2.35. The van der Waals surface area contributed by atoms with Gasteiger partial charge >= 0.3 is 0 Å². The maximum absolute atomic E-state index is 5.88. The van der Waals surface area contributed by atoms with Crippen molar-refractivity contribution in [3.8, 4) is 11.5 Å². The van der Waals surface area contributed by atoms with Gasteiger partial charge in [0.25, 0.3) is 0 Å². The van der Waals surface area contributed by atoms with Gasteiger partial charge in [0.2, 0.25) is 0 Å². The second-order valence-electron chi connectivity index (χ2n) is 4.22. The zero-order valence-corrected chi connectivity index (χ0v) is 12.1. The Kier molecular flexibility index (Phi) is 3.54. The van der Waals surface area contributed by atoms with Crippen molar-refractivity contribution in [1.82, 2.24) is 4.98 Å². The van der Waals surface area contributed by atoms with E-state index in [1.807, 2.05) is 30.3 Å². The smallest absolute Gasteiger partial charge is 0.143 e. The van der Waals surface area contributed by atoms with Crippen LogP contribution in [0.15, 0.2) is 59.2 Å². The number of nitrogens with one attached hydrogen (secondary N) is 1. The van der Waals surface area contributed by atoms with Crippen molar-refractivity contribution in [3.05, 3.63) is 59.2 Å². The highest BCUT2D eigenvalue weighted by molar-refractivity contribution is 9.10. The molecule has 0 bridgehead atoms. The Morgan fingerprint density at radius 1 is 1.10 bits per heavy atom. The third-order valence-electron chi connectivity index (χ3n) is 2.93. The number of halogens is 1. The molecule has 100 valence electrons. The van der Waals surface area contributed by atoms with Crippen molar-refractivity contribution >= 4 is 32.5 Å². The molecule has 0 saturated carbocycles. The minimum Gasteiger partial charge on any atom is -0.456 e. The lowest BCUT2D eigenvalue weighted by Crippen LogP contribution is -2.08. The predicted octanol–water partition coefficient (Wildman–Crippen LogP) is 4.08. The normalized spacial score (nSPS) is 10.5. The molecule has 0 unspecified atom stereocenters. The number of ether oxygens (including phenoxy) is 1. The minimum atomic E-state index is 0.555. The molecule has 0 amide bonds. The van der Waals surface area contributed by atoms with Crippen LogP contribution in [0.2, 0.25) is 0 Å². The molecule has 1 heterocycles. The first kappa shape index (κ1) is 12.9. The Hall–Kier alpha value is -2.11. The number of nitrogen functional groups attached to an aromatic ring is 1. The van der Waals surface area contributed by atoms with Crippen molar-refractivity contribution in [1.29, 1.82) is 0 Å². The summed E-state index contributed by atoms with van der Waals surface area (Å²) in [5.74, 6) is 7.31. The molecule has 0 atom stereocenters. The fourth-order valence-corrected chi connectivity index (χ4v) is 2.55. The van der Waals surface area contributed by atoms with Crippen molar-refractivity contribution in [3.63, 3.8) is 0 Å². The van der Waals surface area contributed by atoms with Crippen LogP contribution in [0.1, 0.15) is 0 Å². The highest BCUT2D eigenvalue weighted by atomic mass is 79.9. The van der Waals surface area contributed by atoms with E-state index in [0.29, 0.717) is 11.6 Å². The number of hydrazine groups is 1. The topological polar surface area (TPSA) is 60.2 Å². The molecule has 0 saturated heterocycles. The van der Waals surface area contributed by atoms with Crippen LogP contribution in [-0.2, 0) is 0 Å². The van der Waals surface area contributed by atoms with E-state index in [1.165, 1.54) is 0 Å². The van der Waals surface area contributed by atoms with E-state index in [4.69, 9.17) is 10.6 Å². The molecule has 2 aromatic carbocycles. The summed E-state index contributed by atoms with van der Waals surface area (Å²) in [6, 6.07) is 15.6. The van der Waals surface area contributed by atoms with Gasteiger partial charge in [-0.25, -0.2) is 10.8 Å². The molecule has 5 heteroatoms. The number of benzene rings is 2. The summed E-state index contributed by atoms with van der Waals surface area (Å²) in [6.45, 7) is 0. The first-order valence-electron chi connectivity index (χ1n) is 6.06. The maximum Gasteiger partial charge on any atom is 0.143 e. The number of rotatable bonds is 3. The standard InChI is InChI=1S/C15H12BrN3O/c16-15-12-4-2-1-3-10(12)5-6-13(15)20-11-7-8-18-14(9-11)19-17/h1-9H,17H2,(H,18,19). The van der Waals surface area contributed by atoms with Gasteiger partial charge in [-0.15, -0.1) is 0 Å². The van der Waals surface area contributed by atoms with E-state index in [-0.39, 0.29) is 0 Å². The van der Waals surface area contributed by atoms with Gasteiger partial charge in [0.15, 0.2) is 0 Å². The maximum atomic E-state index is 5.88. The second-order valence-corrected chi connectivity index (χ2v) is 5.01. The van der Waals surface area contributed by atoms with Crippen LogP contribution < -0.4 is 16.0 Å². The number of pyridine rings is 1. The van der Waals surface area contributed by atoms with E-state index >= 15 is 0 Å². The number of aromatic nitrogens is 1. The average molecular weight is 330 g/mol. The third-order valence-corrected chi connectivity index (χ3v) is 3.75. The van der Waals surface area contributed by atoms with Crippen LogP contribution >= 0.6 is 15.9 Å². The molecule has 20 heavy (non-hydrogen) atoms. The Morgan fingerprint density at radius 3 is 2.80 bits per heavy atom. The van der Waals surface area contributed by atoms with Crippen LogP contribution in [0.4, 0.5) is 5.82 Å². The lowest BCUT2D eigenvalue weighted by atomic mass is 10.1. The van der Waals surface area contributed by atoms with Gasteiger partial charge in [-0.1, -0.05) is 30.3 Å². The first-order chi connectivity index (χ1) is 9.78. The van der Waals surface area contributed by atoms with E-state index < -0.39 is 0 Å². The number of hydrogen-bond donors (Lipinski definition) is 2. The van der Waals surface area contributed by atoms with Crippen LogP contribution in [0.3, 0.4) is 0 Å². The SMILES string of the molecule is NNc1cc(Oc2ccc3ccccc3c2Br)ccn1. The molecule has 1 aromatic heterocycles. The molecular weight excluding hydrogens is 318 g/mol. The van der Waals surface area contributed by atoms with Gasteiger partial charge in [0.05, 0.1) is 4.47 Å². The molecule has 0 aliphatic rings. The zero-order chi connectivity index (χ0) is 13.9. The van der Waals surface area contributed by atoms with Gasteiger partial charge in [0.1, 0.15) is 17.3 Å². The predicted molar refractivity (Wildman–Crippen MR) is 83.8 cm³/mol. The number of nitrogens with two attached hydrogens (primary N) is 1. The van der Waals surface area contributed by atoms with Crippen LogP contribution in [0, 0.1) is 0 Å². The molecule has 0 spiro atoms. The van der Waals surface area contributed by atoms with Gasteiger partial charge in [-0.2, -0.15) is 0 Å². The number of anilines is 1. The molecule has 3 rings (SSSR count). The van der Waals surface area contributed by atoms with Gasteiger partial charge in [-0.3, -0.25) is 0 Å². The quantitative estimate of drug-likeness (QED) is 0.561. The average Bonchev–Trinajstić information content (AvgIpc) is 2.50. The second kappa shape index (κ2) is 5.48. The van der Waals surface area contributed by atoms with E-state index in [9.17, 15) is 0 Å². The summed E-state index contributed by atoms with van der Waals surface area (Å²) >= 11 is 3.59. The van der Waals surface area contributed by atoms with Gasteiger partial charge in [0, 0.05) is 12.3 Å². The molecule has 0 radical (unpaired) electrons. The fraction of sp³-hybridized carbons (Fsp3) is 0. The molecule has 0 aliphatic carbocycles. The summed E-state index contributed by atoms with van der Waals surface area (Å²) in [7, 11) is 0. The van der Waals surface area contributed by atoms with Crippen LogP contribution in [-0.4, -0.2) is 4.98 Å². The summed E-state index contributed by atoms with van der Waals surface area (Å²) in [5.41, 5.74) is 2.49. The largest absolute Gasteiger partial charge is 0.456 e. The summed E-state index contributed by atoms with van der Waals surface area (Å²) in [5, 5.41) is 2.27. The van der Waals surface area contributed by atoms with E-state index in [0.717, 1.165) is 21.0 Å². The molecule has 4 nitrogen and oxygen atoms in total. The minimum absolute atomic E-state index is 0.555. The third kappa shape index (κ3) is 2.45. The zero-order valence-electron chi connectivity index (χ0n) is 10.5. The summed E-state index contributed by atoms with van der Waals surface area (Å²) in [4.78, 5) is 4.04. The van der Waals surface area contributed by atoms with Crippen molar-refractivity contribution in [2.24, 2.45) is 5.84 Å². The van der Waals surface area contributed by atoms with Gasteiger partial charge < -0.3 is 10.2 Å². The van der Waals surface area contributed by atoms with Crippen molar-refractivity contribution in [2.75, 3.05) is 5.43 Å². The summed E-state index contributed by atoms with van der Waals surface area (Å²) in [6.07, 6.45) is 1.64. The monoisotopic (exact) mass is 329 g/mol.